The van der Waals surface area contributed by atoms with Crippen molar-refractivity contribution in [3.8, 4) is 0 Å². The highest BCUT2D eigenvalue weighted by molar-refractivity contribution is 5.77. The van der Waals surface area contributed by atoms with E-state index in [2.05, 4.69) is 101 Å². The largest absolute Gasteiger partial charge is 0.103 e. The Hall–Kier alpha value is -2.60. The lowest BCUT2D eigenvalue weighted by atomic mass is 9.75. The van der Waals surface area contributed by atoms with Gasteiger partial charge in [-0.25, -0.2) is 0 Å². The lowest BCUT2D eigenvalue weighted by Gasteiger charge is -2.30. The minimum atomic E-state index is 0.287. The monoisotopic (exact) mass is 573 g/mol. The van der Waals surface area contributed by atoms with Gasteiger partial charge in [0.2, 0.25) is 0 Å². The Balaban J connectivity index is 0. The molecule has 2 atom stereocenters. The molecular weight excluding hydrogens is 504 g/mol. The highest BCUT2D eigenvalue weighted by Gasteiger charge is 2.24. The van der Waals surface area contributed by atoms with E-state index in [-0.39, 0.29) is 5.92 Å². The van der Waals surface area contributed by atoms with Crippen molar-refractivity contribution in [1.82, 2.24) is 0 Å². The van der Waals surface area contributed by atoms with Crippen molar-refractivity contribution in [2.24, 2.45) is 11.8 Å². The lowest BCUT2D eigenvalue weighted by molar-refractivity contribution is 0.730. The summed E-state index contributed by atoms with van der Waals surface area (Å²) in [5.74, 6) is 0.684. The number of allylic oxidation sites excluding steroid dienone is 10. The van der Waals surface area contributed by atoms with Gasteiger partial charge in [0.05, 0.1) is 0 Å². The average Bonchev–Trinajstić information content (AvgIpc) is 2.95. The zero-order valence-corrected chi connectivity index (χ0v) is 30.8. The van der Waals surface area contributed by atoms with Gasteiger partial charge in [0, 0.05) is 5.92 Å². The molecule has 0 aromatic heterocycles. The second-order valence-corrected chi connectivity index (χ2v) is 11.8. The highest BCUT2D eigenvalue weighted by atomic mass is 14.3. The van der Waals surface area contributed by atoms with Crippen LogP contribution in [0.2, 0.25) is 0 Å². The van der Waals surface area contributed by atoms with Gasteiger partial charge in [-0.15, -0.1) is 13.2 Å². The molecule has 0 spiro atoms. The molecule has 0 heteroatoms. The van der Waals surface area contributed by atoms with E-state index in [1.807, 2.05) is 47.6 Å². The van der Waals surface area contributed by atoms with Gasteiger partial charge in [0.1, 0.15) is 0 Å². The predicted molar refractivity (Wildman–Crippen MR) is 198 cm³/mol. The maximum atomic E-state index is 4.29. The number of fused-ring (bicyclic) bond motifs is 1. The zero-order chi connectivity index (χ0) is 33.3. The number of hydrogen-bond donors (Lipinski definition) is 0. The molecule has 236 valence electrons. The number of rotatable bonds is 9. The molecule has 1 aliphatic rings. The Morgan fingerprint density at radius 2 is 1.38 bits per heavy atom. The zero-order valence-electron chi connectivity index (χ0n) is 30.8. The van der Waals surface area contributed by atoms with Crippen LogP contribution in [-0.2, 0) is 6.42 Å². The van der Waals surface area contributed by atoms with Crippen molar-refractivity contribution in [2.75, 3.05) is 0 Å². The van der Waals surface area contributed by atoms with Gasteiger partial charge in [-0.1, -0.05) is 108 Å². The SMILES string of the molecule is C=C(C)C.C=CC/C(C(=C)C)=C(/C=C(\C)C(C)/C(CC)=C1/CCCc2c(C)c(C)cc(C)c21)C(C)C(=C)C.CC.CC. The van der Waals surface area contributed by atoms with Crippen LogP contribution in [0.1, 0.15) is 137 Å². The van der Waals surface area contributed by atoms with Crippen LogP contribution in [-0.4, -0.2) is 0 Å². The summed E-state index contributed by atoms with van der Waals surface area (Å²) >= 11 is 0. The molecule has 0 radical (unpaired) electrons. The van der Waals surface area contributed by atoms with Crippen LogP contribution in [0.15, 0.2) is 83.5 Å². The molecule has 0 saturated carbocycles. The van der Waals surface area contributed by atoms with E-state index in [0.29, 0.717) is 5.92 Å². The van der Waals surface area contributed by atoms with Crippen LogP contribution in [0.25, 0.3) is 5.57 Å². The third-order valence-electron chi connectivity index (χ3n) is 8.10. The molecule has 0 bridgehead atoms. The van der Waals surface area contributed by atoms with E-state index in [4.69, 9.17) is 0 Å². The van der Waals surface area contributed by atoms with Crippen LogP contribution in [0.3, 0.4) is 0 Å². The van der Waals surface area contributed by atoms with Crippen molar-refractivity contribution in [1.29, 1.82) is 0 Å². The van der Waals surface area contributed by atoms with E-state index in [9.17, 15) is 0 Å². The molecule has 2 rings (SSSR count). The summed E-state index contributed by atoms with van der Waals surface area (Å²) in [4.78, 5) is 0. The summed E-state index contributed by atoms with van der Waals surface area (Å²) < 4.78 is 0. The van der Waals surface area contributed by atoms with Gasteiger partial charge in [-0.3, -0.25) is 0 Å². The molecule has 0 fully saturated rings. The Bertz CT molecular complexity index is 1150. The molecule has 0 nitrogen and oxygen atoms in total. The predicted octanol–water partition coefficient (Wildman–Crippen LogP) is 14.0. The third kappa shape index (κ3) is 11.9. The first-order valence-electron chi connectivity index (χ1n) is 16.5. The highest BCUT2D eigenvalue weighted by Crippen LogP contribution is 2.42. The van der Waals surface area contributed by atoms with Gasteiger partial charge in [0.25, 0.3) is 0 Å². The van der Waals surface area contributed by atoms with E-state index >= 15 is 0 Å². The topological polar surface area (TPSA) is 0 Å². The molecule has 42 heavy (non-hydrogen) atoms. The molecule has 1 aromatic carbocycles. The average molecular weight is 573 g/mol. The Morgan fingerprint density at radius 3 is 1.81 bits per heavy atom. The Kier molecular flexibility index (Phi) is 20.9. The van der Waals surface area contributed by atoms with Crippen LogP contribution in [0.4, 0.5) is 0 Å². The van der Waals surface area contributed by atoms with Crippen molar-refractivity contribution >= 4 is 5.57 Å². The quantitative estimate of drug-likeness (QED) is 0.204. The van der Waals surface area contributed by atoms with Crippen LogP contribution < -0.4 is 0 Å². The van der Waals surface area contributed by atoms with Gasteiger partial charge in [-0.05, 0) is 138 Å². The molecule has 0 saturated heterocycles. The molecule has 0 amide bonds. The molecule has 0 N–H and O–H groups in total. The first-order chi connectivity index (χ1) is 19.7. The fourth-order valence-corrected chi connectivity index (χ4v) is 5.64. The standard InChI is InChI=1S/C34H48.C4H8.2C2H6/c1-13-16-30(22(5)6)33(26(10)21(3)4)20-24(8)27(11)29(14-2)32-18-15-17-31-28(12)23(7)19-25(9)34(31)32;1-4(2)3;2*1-2/h13,19-20,26-27H,1,3,5,14-18H2,2,4,6-12H3;1H2,2-3H3;2*1-2H3/b24-20+,32-29-,33-30+;;;. The maximum Gasteiger partial charge on any atom is 0.00172 e. The summed E-state index contributed by atoms with van der Waals surface area (Å²) in [7, 11) is 0. The Morgan fingerprint density at radius 1 is 0.857 bits per heavy atom. The summed E-state index contributed by atoms with van der Waals surface area (Å²) in [5, 5.41) is 0. The molecule has 1 aliphatic carbocycles. The van der Waals surface area contributed by atoms with Crippen LogP contribution in [0.5, 0.6) is 0 Å². The van der Waals surface area contributed by atoms with Gasteiger partial charge >= 0.3 is 0 Å². The van der Waals surface area contributed by atoms with Crippen molar-refractivity contribution in [2.45, 2.75) is 136 Å². The van der Waals surface area contributed by atoms with Crippen molar-refractivity contribution in [3.63, 3.8) is 0 Å². The third-order valence-corrected chi connectivity index (χ3v) is 8.10. The van der Waals surface area contributed by atoms with Crippen LogP contribution >= 0.6 is 0 Å². The molecule has 1 aromatic rings. The van der Waals surface area contributed by atoms with Crippen molar-refractivity contribution < 1.29 is 0 Å². The fourth-order valence-electron chi connectivity index (χ4n) is 5.64. The number of benzene rings is 1. The first kappa shape index (κ1) is 41.5. The fraction of sp³-hybridized carbons (Fsp3) is 0.524. The molecule has 2 unspecified atom stereocenters. The van der Waals surface area contributed by atoms with E-state index in [1.165, 1.54) is 63.8 Å². The van der Waals surface area contributed by atoms with E-state index < -0.39 is 0 Å². The van der Waals surface area contributed by atoms with E-state index in [0.717, 1.165) is 18.4 Å². The lowest BCUT2D eigenvalue weighted by Crippen LogP contribution is -2.13. The first-order valence-corrected chi connectivity index (χ1v) is 16.5. The minimum absolute atomic E-state index is 0.287. The maximum absolute atomic E-state index is 4.29. The summed E-state index contributed by atoms with van der Waals surface area (Å²) in [5.41, 5.74) is 18.2. The van der Waals surface area contributed by atoms with Gasteiger partial charge in [-0.2, -0.15) is 0 Å². The van der Waals surface area contributed by atoms with Gasteiger partial charge in [0.15, 0.2) is 0 Å². The molecular formula is C42H68. The smallest absolute Gasteiger partial charge is 0.00172 e. The molecule has 0 heterocycles. The Labute approximate surface area is 264 Å². The molecule has 0 aliphatic heterocycles. The number of hydrogen-bond acceptors (Lipinski definition) is 0. The number of aryl methyl sites for hydroxylation is 2. The summed E-state index contributed by atoms with van der Waals surface area (Å²) in [6, 6.07) is 2.39. The second-order valence-electron chi connectivity index (χ2n) is 11.8. The summed E-state index contributed by atoms with van der Waals surface area (Å²) in [6.07, 6.45) is 10.0. The summed E-state index contributed by atoms with van der Waals surface area (Å²) in [6.45, 7) is 48.5. The van der Waals surface area contributed by atoms with Crippen molar-refractivity contribution in [3.05, 3.63) is 111 Å². The second kappa shape index (κ2) is 21.1. The minimum Gasteiger partial charge on any atom is -0.103 e. The van der Waals surface area contributed by atoms with Crippen LogP contribution in [0, 0.1) is 32.6 Å². The normalized spacial score (nSPS) is 15.5. The van der Waals surface area contributed by atoms with Gasteiger partial charge < -0.3 is 0 Å². The van der Waals surface area contributed by atoms with E-state index in [1.54, 1.807) is 22.3 Å².